The van der Waals surface area contributed by atoms with Gasteiger partial charge in [0.05, 0.1) is 7.11 Å². The molecule has 1 nitrogen and oxygen atoms in total. The predicted molar refractivity (Wildman–Crippen MR) is 73.0 cm³/mol. The van der Waals surface area contributed by atoms with Gasteiger partial charge >= 0.3 is 0 Å². The van der Waals surface area contributed by atoms with Gasteiger partial charge in [0.2, 0.25) is 0 Å². The summed E-state index contributed by atoms with van der Waals surface area (Å²) in [4.78, 5) is 0. The molecule has 0 radical (unpaired) electrons. The first-order valence-electron chi connectivity index (χ1n) is 6.73. The molecule has 0 spiro atoms. The maximum Gasteiger partial charge on any atom is 0.122 e. The Morgan fingerprint density at radius 3 is 2.53 bits per heavy atom. The molecule has 1 heteroatoms. The monoisotopic (exact) mass is 232 g/mol. The molecule has 0 fully saturated rings. The molecule has 2 atom stereocenters. The molecule has 1 aromatic carbocycles. The second-order valence-corrected chi connectivity index (χ2v) is 5.80. The van der Waals surface area contributed by atoms with Gasteiger partial charge < -0.3 is 4.74 Å². The van der Waals surface area contributed by atoms with Crippen molar-refractivity contribution in [1.29, 1.82) is 0 Å². The lowest BCUT2D eigenvalue weighted by Gasteiger charge is -2.33. The van der Waals surface area contributed by atoms with Gasteiger partial charge in [-0.3, -0.25) is 0 Å². The molecule has 1 aliphatic rings. The van der Waals surface area contributed by atoms with Crippen LogP contribution in [0.2, 0.25) is 0 Å². The number of fused-ring (bicyclic) bond motifs is 1. The highest BCUT2D eigenvalue weighted by Gasteiger charge is 2.29. The standard InChI is InChI=1S/C16H24O/c1-10(2)13-7-6-12(4)16-14(13)8-11(3)9-15(16)17-5/h8-10,12-13H,6-7H2,1-5H3/t12-,13+/m0/s1. The lowest BCUT2D eigenvalue weighted by molar-refractivity contribution is 0.375. The van der Waals surface area contributed by atoms with Crippen LogP contribution in [0.25, 0.3) is 0 Å². The molecule has 0 bridgehead atoms. The first kappa shape index (κ1) is 12.5. The summed E-state index contributed by atoms with van der Waals surface area (Å²) in [5, 5.41) is 0. The van der Waals surface area contributed by atoms with Crippen molar-refractivity contribution in [3.05, 3.63) is 28.8 Å². The van der Waals surface area contributed by atoms with Crippen molar-refractivity contribution in [2.45, 2.75) is 52.4 Å². The maximum atomic E-state index is 5.59. The lowest BCUT2D eigenvalue weighted by atomic mass is 9.72. The van der Waals surface area contributed by atoms with Crippen LogP contribution in [0, 0.1) is 12.8 Å². The average molecular weight is 232 g/mol. The van der Waals surface area contributed by atoms with E-state index in [4.69, 9.17) is 4.74 Å². The molecule has 0 saturated heterocycles. The van der Waals surface area contributed by atoms with E-state index >= 15 is 0 Å². The maximum absolute atomic E-state index is 5.59. The molecule has 94 valence electrons. The van der Waals surface area contributed by atoms with Crippen molar-refractivity contribution in [3.63, 3.8) is 0 Å². The van der Waals surface area contributed by atoms with Crippen molar-refractivity contribution < 1.29 is 4.74 Å². The summed E-state index contributed by atoms with van der Waals surface area (Å²) < 4.78 is 5.59. The SMILES string of the molecule is COc1cc(C)cc2c1[C@@H](C)CC[C@@H]2C(C)C. The van der Waals surface area contributed by atoms with Gasteiger partial charge in [-0.1, -0.05) is 26.8 Å². The smallest absolute Gasteiger partial charge is 0.122 e. The molecule has 0 aliphatic heterocycles. The third-order valence-corrected chi connectivity index (χ3v) is 4.15. The van der Waals surface area contributed by atoms with Crippen molar-refractivity contribution in [1.82, 2.24) is 0 Å². The van der Waals surface area contributed by atoms with Crippen molar-refractivity contribution in [2.24, 2.45) is 5.92 Å². The molecule has 0 heterocycles. The van der Waals surface area contributed by atoms with Crippen LogP contribution >= 0.6 is 0 Å². The molecule has 0 saturated carbocycles. The molecular formula is C16H24O. The van der Waals surface area contributed by atoms with Crippen LogP contribution in [0.4, 0.5) is 0 Å². The van der Waals surface area contributed by atoms with E-state index in [0.29, 0.717) is 17.8 Å². The minimum absolute atomic E-state index is 0.635. The zero-order chi connectivity index (χ0) is 12.6. The summed E-state index contributed by atoms with van der Waals surface area (Å²) in [6.45, 7) is 9.16. The summed E-state index contributed by atoms with van der Waals surface area (Å²) in [5.74, 6) is 3.15. The summed E-state index contributed by atoms with van der Waals surface area (Å²) in [6.07, 6.45) is 2.60. The predicted octanol–water partition coefficient (Wildman–Crippen LogP) is 4.64. The van der Waals surface area contributed by atoms with Gasteiger partial charge in [-0.05, 0) is 54.7 Å². The average Bonchev–Trinajstić information content (AvgIpc) is 2.27. The highest BCUT2D eigenvalue weighted by Crippen LogP contribution is 2.46. The topological polar surface area (TPSA) is 9.23 Å². The molecule has 1 aromatic rings. The van der Waals surface area contributed by atoms with Gasteiger partial charge in [-0.2, -0.15) is 0 Å². The Kier molecular flexibility index (Phi) is 3.46. The molecular weight excluding hydrogens is 208 g/mol. The fourth-order valence-electron chi connectivity index (χ4n) is 3.22. The minimum atomic E-state index is 0.635. The number of rotatable bonds is 2. The third kappa shape index (κ3) is 2.20. The zero-order valence-corrected chi connectivity index (χ0v) is 11.7. The van der Waals surface area contributed by atoms with Crippen molar-refractivity contribution in [3.8, 4) is 5.75 Å². The molecule has 1 aliphatic carbocycles. The first-order valence-corrected chi connectivity index (χ1v) is 6.73. The number of benzene rings is 1. The Hall–Kier alpha value is -0.980. The number of methoxy groups -OCH3 is 1. The summed E-state index contributed by atoms with van der Waals surface area (Å²) in [6, 6.07) is 4.55. The van der Waals surface area contributed by atoms with E-state index in [1.54, 1.807) is 7.11 Å². The van der Waals surface area contributed by atoms with E-state index in [1.807, 2.05) is 0 Å². The van der Waals surface area contributed by atoms with Crippen LogP contribution in [0.1, 0.15) is 62.1 Å². The van der Waals surface area contributed by atoms with E-state index in [9.17, 15) is 0 Å². The van der Waals surface area contributed by atoms with Crippen molar-refractivity contribution in [2.75, 3.05) is 7.11 Å². The lowest BCUT2D eigenvalue weighted by Crippen LogP contribution is -2.18. The van der Waals surface area contributed by atoms with Gasteiger partial charge in [0, 0.05) is 5.56 Å². The van der Waals surface area contributed by atoms with E-state index in [1.165, 1.54) is 29.5 Å². The highest BCUT2D eigenvalue weighted by atomic mass is 16.5. The van der Waals surface area contributed by atoms with E-state index < -0.39 is 0 Å². The number of hydrogen-bond donors (Lipinski definition) is 0. The normalized spacial score (nSPS) is 23.6. The second-order valence-electron chi connectivity index (χ2n) is 5.80. The summed E-state index contributed by atoms with van der Waals surface area (Å²) in [7, 11) is 1.79. The van der Waals surface area contributed by atoms with Gasteiger partial charge in [-0.25, -0.2) is 0 Å². The second kappa shape index (κ2) is 4.72. The molecule has 0 aromatic heterocycles. The van der Waals surface area contributed by atoms with Gasteiger partial charge in [-0.15, -0.1) is 0 Å². The Morgan fingerprint density at radius 2 is 1.94 bits per heavy atom. The van der Waals surface area contributed by atoms with Gasteiger partial charge in [0.15, 0.2) is 0 Å². The van der Waals surface area contributed by atoms with E-state index in [-0.39, 0.29) is 0 Å². The van der Waals surface area contributed by atoms with Crippen molar-refractivity contribution >= 4 is 0 Å². The van der Waals surface area contributed by atoms with Crippen LogP contribution in [-0.2, 0) is 0 Å². The highest BCUT2D eigenvalue weighted by molar-refractivity contribution is 5.48. The molecule has 17 heavy (non-hydrogen) atoms. The van der Waals surface area contributed by atoms with E-state index in [0.717, 1.165) is 5.75 Å². The third-order valence-electron chi connectivity index (χ3n) is 4.15. The zero-order valence-electron chi connectivity index (χ0n) is 11.7. The quantitative estimate of drug-likeness (QED) is 0.721. The minimum Gasteiger partial charge on any atom is -0.496 e. The summed E-state index contributed by atoms with van der Waals surface area (Å²) in [5.41, 5.74) is 4.32. The largest absolute Gasteiger partial charge is 0.496 e. The fourth-order valence-corrected chi connectivity index (χ4v) is 3.22. The van der Waals surface area contributed by atoms with Crippen LogP contribution in [0.15, 0.2) is 12.1 Å². The summed E-state index contributed by atoms with van der Waals surface area (Å²) >= 11 is 0. The molecule has 2 rings (SSSR count). The fraction of sp³-hybridized carbons (Fsp3) is 0.625. The molecule has 0 amide bonds. The Labute approximate surface area is 105 Å². The van der Waals surface area contributed by atoms with Crippen LogP contribution in [0.3, 0.4) is 0 Å². The number of aryl methyl sites for hydroxylation is 1. The Morgan fingerprint density at radius 1 is 1.24 bits per heavy atom. The van der Waals surface area contributed by atoms with Crippen LogP contribution in [0.5, 0.6) is 5.75 Å². The number of hydrogen-bond acceptors (Lipinski definition) is 1. The van der Waals surface area contributed by atoms with E-state index in [2.05, 4.69) is 39.8 Å². The molecule has 0 N–H and O–H groups in total. The van der Waals surface area contributed by atoms with Crippen LogP contribution < -0.4 is 4.74 Å². The molecule has 0 unspecified atom stereocenters. The van der Waals surface area contributed by atoms with Gasteiger partial charge in [0.1, 0.15) is 5.75 Å². The number of ether oxygens (including phenoxy) is 1. The van der Waals surface area contributed by atoms with Gasteiger partial charge in [0.25, 0.3) is 0 Å². The first-order chi connectivity index (χ1) is 8.04. The Bertz CT molecular complexity index is 406. The Balaban J connectivity index is 2.58. The van der Waals surface area contributed by atoms with Crippen LogP contribution in [-0.4, -0.2) is 7.11 Å².